The molecule has 1 aromatic rings. The summed E-state index contributed by atoms with van der Waals surface area (Å²) < 4.78 is 26.9. The quantitative estimate of drug-likeness (QED) is 0.340. The van der Waals surface area contributed by atoms with E-state index in [1.54, 1.807) is 13.0 Å². The van der Waals surface area contributed by atoms with E-state index in [2.05, 4.69) is 21.1 Å². The van der Waals surface area contributed by atoms with E-state index in [0.29, 0.717) is 4.47 Å². The van der Waals surface area contributed by atoms with Crippen molar-refractivity contribution in [3.8, 4) is 0 Å². The third-order valence-electron chi connectivity index (χ3n) is 2.61. The number of rotatable bonds is 6. The maximum Gasteiger partial charge on any atom is 0.244 e. The molecule has 0 atom stereocenters. The Kier molecular flexibility index (Phi) is 6.25. The van der Waals surface area contributed by atoms with Gasteiger partial charge in [-0.3, -0.25) is 0 Å². The number of hydrogen-bond acceptors (Lipinski definition) is 4. The van der Waals surface area contributed by atoms with Gasteiger partial charge in [0.1, 0.15) is 10.7 Å². The Balaban J connectivity index is 3.06. The predicted octanol–water partition coefficient (Wildman–Crippen LogP) is 2.25. The summed E-state index contributed by atoms with van der Waals surface area (Å²) >= 11 is 9.20. The van der Waals surface area contributed by atoms with Crippen LogP contribution in [0, 0.1) is 0 Å². The van der Waals surface area contributed by atoms with Crippen molar-refractivity contribution in [3.05, 3.63) is 27.7 Å². The molecule has 0 aliphatic heterocycles. The summed E-state index contributed by atoms with van der Waals surface area (Å²) in [6.07, 6.45) is 0.137. The Hall–Kier alpha value is -0.830. The van der Waals surface area contributed by atoms with Gasteiger partial charge < -0.3 is 10.9 Å². The number of sulfonamides is 1. The van der Waals surface area contributed by atoms with Gasteiger partial charge in [-0.25, -0.2) is 8.42 Å². The number of oxime groups is 1. The van der Waals surface area contributed by atoms with Crippen LogP contribution in [0.2, 0.25) is 5.02 Å². The van der Waals surface area contributed by atoms with Crippen molar-refractivity contribution < 1.29 is 13.6 Å². The molecule has 0 fully saturated rings. The highest BCUT2D eigenvalue weighted by Gasteiger charge is 2.25. The van der Waals surface area contributed by atoms with Crippen molar-refractivity contribution in [3.63, 3.8) is 0 Å². The molecule has 0 bridgehead atoms. The Morgan fingerprint density at radius 1 is 1.55 bits per heavy atom. The zero-order chi connectivity index (χ0) is 15.3. The van der Waals surface area contributed by atoms with Crippen LogP contribution in [-0.4, -0.2) is 36.9 Å². The SMILES string of the molecule is CCN(CCC(N)=NO)S(=O)(=O)c1ccc(Br)cc1Cl. The van der Waals surface area contributed by atoms with Crippen LogP contribution in [-0.2, 0) is 10.0 Å². The molecule has 0 amide bonds. The Bertz CT molecular complexity index is 607. The van der Waals surface area contributed by atoms with Gasteiger partial charge in [0.25, 0.3) is 0 Å². The number of halogens is 2. The van der Waals surface area contributed by atoms with Gasteiger partial charge in [-0.1, -0.05) is 39.6 Å². The first kappa shape index (κ1) is 17.2. The number of benzene rings is 1. The summed E-state index contributed by atoms with van der Waals surface area (Å²) in [5.41, 5.74) is 5.35. The van der Waals surface area contributed by atoms with Crippen LogP contribution >= 0.6 is 27.5 Å². The van der Waals surface area contributed by atoms with Gasteiger partial charge in [0.05, 0.1) is 5.02 Å². The first-order chi connectivity index (χ1) is 9.32. The molecule has 0 saturated carbocycles. The lowest BCUT2D eigenvalue weighted by Gasteiger charge is -2.20. The maximum absolute atomic E-state index is 12.5. The minimum atomic E-state index is -3.71. The molecular weight excluding hydrogens is 370 g/mol. The number of amidine groups is 1. The fraction of sp³-hybridized carbons (Fsp3) is 0.364. The molecule has 3 N–H and O–H groups in total. The van der Waals surface area contributed by atoms with E-state index in [1.807, 2.05) is 0 Å². The number of nitrogens with two attached hydrogens (primary N) is 1. The molecule has 0 unspecified atom stereocenters. The minimum Gasteiger partial charge on any atom is -0.409 e. The number of hydrogen-bond donors (Lipinski definition) is 2. The second-order valence-electron chi connectivity index (χ2n) is 3.91. The van der Waals surface area contributed by atoms with E-state index in [9.17, 15) is 8.42 Å². The van der Waals surface area contributed by atoms with Crippen molar-refractivity contribution in [2.45, 2.75) is 18.2 Å². The summed E-state index contributed by atoms with van der Waals surface area (Å²) in [6.45, 7) is 2.07. The molecule has 0 saturated heterocycles. The molecule has 9 heteroatoms. The van der Waals surface area contributed by atoms with E-state index < -0.39 is 10.0 Å². The van der Waals surface area contributed by atoms with Crippen LogP contribution in [0.15, 0.2) is 32.7 Å². The summed E-state index contributed by atoms with van der Waals surface area (Å²) in [4.78, 5) is 0.0312. The van der Waals surface area contributed by atoms with E-state index in [4.69, 9.17) is 22.5 Å². The van der Waals surface area contributed by atoms with Gasteiger partial charge in [-0.2, -0.15) is 4.31 Å². The smallest absolute Gasteiger partial charge is 0.244 e. The normalized spacial score (nSPS) is 12.9. The maximum atomic E-state index is 12.5. The van der Waals surface area contributed by atoms with Gasteiger partial charge in [0.2, 0.25) is 10.0 Å². The zero-order valence-corrected chi connectivity index (χ0v) is 13.9. The lowest BCUT2D eigenvalue weighted by atomic mass is 10.4. The molecule has 0 spiro atoms. The summed E-state index contributed by atoms with van der Waals surface area (Å²) in [6, 6.07) is 4.57. The van der Waals surface area contributed by atoms with Gasteiger partial charge >= 0.3 is 0 Å². The lowest BCUT2D eigenvalue weighted by Crippen LogP contribution is -2.34. The van der Waals surface area contributed by atoms with Gasteiger partial charge in [0.15, 0.2) is 0 Å². The molecule has 0 aliphatic carbocycles. The highest BCUT2D eigenvalue weighted by molar-refractivity contribution is 9.10. The first-order valence-electron chi connectivity index (χ1n) is 5.74. The van der Waals surface area contributed by atoms with Crippen molar-refractivity contribution in [2.24, 2.45) is 10.9 Å². The average molecular weight is 385 g/mol. The molecule has 0 aromatic heterocycles. The Morgan fingerprint density at radius 2 is 2.20 bits per heavy atom. The monoisotopic (exact) mass is 383 g/mol. The zero-order valence-electron chi connectivity index (χ0n) is 10.8. The molecule has 0 radical (unpaired) electrons. The van der Waals surface area contributed by atoms with E-state index in [1.165, 1.54) is 16.4 Å². The average Bonchev–Trinajstić information content (AvgIpc) is 2.38. The third-order valence-corrected chi connectivity index (χ3v) is 5.56. The van der Waals surface area contributed by atoms with Crippen molar-refractivity contribution >= 4 is 43.4 Å². The first-order valence-corrected chi connectivity index (χ1v) is 8.35. The molecule has 0 heterocycles. The molecule has 112 valence electrons. The van der Waals surface area contributed by atoms with Crippen LogP contribution in [0.5, 0.6) is 0 Å². The largest absolute Gasteiger partial charge is 0.409 e. The van der Waals surface area contributed by atoms with Gasteiger partial charge in [0, 0.05) is 24.0 Å². The van der Waals surface area contributed by atoms with Crippen molar-refractivity contribution in [1.29, 1.82) is 0 Å². The highest BCUT2D eigenvalue weighted by Crippen LogP contribution is 2.27. The van der Waals surface area contributed by atoms with Crippen LogP contribution < -0.4 is 5.73 Å². The van der Waals surface area contributed by atoms with Crippen LogP contribution in [0.4, 0.5) is 0 Å². The number of nitrogens with zero attached hydrogens (tertiary/aromatic N) is 2. The topological polar surface area (TPSA) is 96.0 Å². The summed E-state index contributed by atoms with van der Waals surface area (Å²) in [7, 11) is -3.71. The molecule has 0 aliphatic rings. The molecule has 20 heavy (non-hydrogen) atoms. The van der Waals surface area contributed by atoms with E-state index in [0.717, 1.165) is 0 Å². The molecule has 6 nitrogen and oxygen atoms in total. The van der Waals surface area contributed by atoms with Crippen LogP contribution in [0.3, 0.4) is 0 Å². The van der Waals surface area contributed by atoms with Crippen molar-refractivity contribution in [2.75, 3.05) is 13.1 Å². The highest BCUT2D eigenvalue weighted by atomic mass is 79.9. The van der Waals surface area contributed by atoms with Crippen LogP contribution in [0.1, 0.15) is 13.3 Å². The fourth-order valence-electron chi connectivity index (χ4n) is 1.56. The summed E-state index contributed by atoms with van der Waals surface area (Å²) in [5.74, 6) is -0.0273. The van der Waals surface area contributed by atoms with Crippen molar-refractivity contribution in [1.82, 2.24) is 4.31 Å². The minimum absolute atomic E-state index is 0.0273. The second-order valence-corrected chi connectivity index (χ2v) is 7.14. The van der Waals surface area contributed by atoms with Crippen LogP contribution in [0.25, 0.3) is 0 Å². The van der Waals surface area contributed by atoms with Gasteiger partial charge in [-0.05, 0) is 18.2 Å². The van der Waals surface area contributed by atoms with E-state index >= 15 is 0 Å². The molecule has 1 aromatic carbocycles. The molecular formula is C11H15BrClN3O3S. The summed E-state index contributed by atoms with van der Waals surface area (Å²) in [5, 5.41) is 11.4. The second kappa shape index (κ2) is 7.26. The fourth-order valence-corrected chi connectivity index (χ4v) is 4.02. The lowest BCUT2D eigenvalue weighted by molar-refractivity contribution is 0.315. The standard InChI is InChI=1S/C11H15BrClN3O3S/c1-2-16(6-5-11(14)15-17)20(18,19)10-4-3-8(12)7-9(10)13/h3-4,7,17H,2,5-6H2,1H3,(H2,14,15). The molecule has 1 rings (SSSR count). The Labute approximate surface area is 131 Å². The van der Waals surface area contributed by atoms with Gasteiger partial charge in [-0.15, -0.1) is 0 Å². The predicted molar refractivity (Wildman–Crippen MR) is 81.6 cm³/mol. The third kappa shape index (κ3) is 4.08. The van der Waals surface area contributed by atoms with E-state index in [-0.39, 0.29) is 35.3 Å². The Morgan fingerprint density at radius 3 is 2.70 bits per heavy atom.